The molecule has 2 aromatic heterocycles. The summed E-state index contributed by atoms with van der Waals surface area (Å²) in [5, 5.41) is 10.5. The second kappa shape index (κ2) is 7.43. The van der Waals surface area contributed by atoms with Crippen LogP contribution in [0.25, 0.3) is 11.1 Å². The number of pyridine rings is 1. The average Bonchev–Trinajstić information content (AvgIpc) is 3.02. The fraction of sp³-hybridized carbons (Fsp3) is 0.400. The molecule has 1 aromatic carbocycles. The van der Waals surface area contributed by atoms with Gasteiger partial charge in [0, 0.05) is 19.3 Å². The van der Waals surface area contributed by atoms with E-state index in [0.717, 1.165) is 43.7 Å². The Labute approximate surface area is 151 Å². The largest absolute Gasteiger partial charge is 0.419 e. The zero-order chi connectivity index (χ0) is 17.9. The summed E-state index contributed by atoms with van der Waals surface area (Å²) in [6.07, 6.45) is 3.08. The average molecular weight is 353 g/mol. The van der Waals surface area contributed by atoms with Crippen LogP contribution in [0.2, 0.25) is 0 Å². The van der Waals surface area contributed by atoms with Crippen LogP contribution in [-0.4, -0.2) is 39.2 Å². The molecule has 0 spiro atoms. The minimum Gasteiger partial charge on any atom is -0.408 e. The van der Waals surface area contributed by atoms with Gasteiger partial charge in [0.05, 0.1) is 17.3 Å². The number of piperidine rings is 1. The Morgan fingerprint density at radius 3 is 2.65 bits per heavy atom. The van der Waals surface area contributed by atoms with E-state index in [4.69, 9.17) is 4.42 Å². The summed E-state index contributed by atoms with van der Waals surface area (Å²) in [6.45, 7) is 3.25. The summed E-state index contributed by atoms with van der Waals surface area (Å²) in [5.41, 5.74) is 2.23. The molecule has 6 heteroatoms. The van der Waals surface area contributed by atoms with Gasteiger partial charge in [-0.05, 0) is 56.1 Å². The molecule has 4 rings (SSSR count). The summed E-state index contributed by atoms with van der Waals surface area (Å²) < 4.78 is 6.98. The number of oxazole rings is 1. The highest BCUT2D eigenvalue weighted by molar-refractivity contribution is 5.72. The van der Waals surface area contributed by atoms with Crippen molar-refractivity contribution in [2.45, 2.75) is 25.5 Å². The van der Waals surface area contributed by atoms with Crippen LogP contribution in [0.1, 0.15) is 24.6 Å². The van der Waals surface area contributed by atoms with Crippen LogP contribution in [0.5, 0.6) is 0 Å². The van der Waals surface area contributed by atoms with E-state index in [1.54, 1.807) is 10.8 Å². The predicted molar refractivity (Wildman–Crippen MR) is 98.8 cm³/mol. The lowest BCUT2D eigenvalue weighted by Crippen LogP contribution is -2.38. The predicted octanol–water partition coefficient (Wildman–Crippen LogP) is 2.44. The van der Waals surface area contributed by atoms with E-state index >= 15 is 0 Å². The number of rotatable bonds is 5. The Bertz CT molecular complexity index is 911. The third-order valence-electron chi connectivity index (χ3n) is 5.28. The molecule has 1 fully saturated rings. The lowest BCUT2D eigenvalue weighted by Gasteiger charge is -2.34. The molecule has 26 heavy (non-hydrogen) atoms. The van der Waals surface area contributed by atoms with Gasteiger partial charge in [0.1, 0.15) is 0 Å². The minimum absolute atomic E-state index is 0.235. The number of benzene rings is 1. The molecule has 3 heterocycles. The molecule has 0 bridgehead atoms. The molecule has 1 N–H and O–H groups in total. The second-order valence-corrected chi connectivity index (χ2v) is 6.87. The molecule has 0 saturated carbocycles. The molecule has 1 atom stereocenters. The van der Waals surface area contributed by atoms with Gasteiger partial charge in [-0.25, -0.2) is 4.79 Å². The Morgan fingerprint density at radius 1 is 1.12 bits per heavy atom. The summed E-state index contributed by atoms with van der Waals surface area (Å²) in [6, 6.07) is 13.2. The van der Waals surface area contributed by atoms with Crippen molar-refractivity contribution in [2.24, 2.45) is 5.92 Å². The summed E-state index contributed by atoms with van der Waals surface area (Å²) in [5.74, 6) is -0.0645. The Kier molecular flexibility index (Phi) is 4.86. The summed E-state index contributed by atoms with van der Waals surface area (Å²) in [7, 11) is 0. The number of para-hydroxylation sites is 2. The van der Waals surface area contributed by atoms with Crippen LogP contribution in [0.3, 0.4) is 0 Å². The van der Waals surface area contributed by atoms with E-state index in [9.17, 15) is 9.90 Å². The number of aliphatic hydroxyl groups excluding tert-OH is 1. The third kappa shape index (κ3) is 3.43. The number of hydrogen-bond donors (Lipinski definition) is 1. The number of fused-ring (bicyclic) bond motifs is 1. The molecule has 1 saturated heterocycles. The van der Waals surface area contributed by atoms with E-state index < -0.39 is 6.10 Å². The van der Waals surface area contributed by atoms with E-state index in [-0.39, 0.29) is 11.7 Å². The number of aliphatic hydroxyl groups is 1. The molecule has 1 aliphatic rings. The molecule has 0 amide bonds. The van der Waals surface area contributed by atoms with Crippen LogP contribution in [-0.2, 0) is 6.54 Å². The molecular weight excluding hydrogens is 330 g/mol. The first-order valence-corrected chi connectivity index (χ1v) is 9.12. The van der Waals surface area contributed by atoms with E-state index in [0.29, 0.717) is 12.1 Å². The quantitative estimate of drug-likeness (QED) is 0.763. The van der Waals surface area contributed by atoms with Crippen molar-refractivity contribution in [1.82, 2.24) is 14.5 Å². The first-order chi connectivity index (χ1) is 12.7. The highest BCUT2D eigenvalue weighted by Crippen LogP contribution is 2.29. The van der Waals surface area contributed by atoms with Gasteiger partial charge in [0.15, 0.2) is 5.58 Å². The van der Waals surface area contributed by atoms with Crippen LogP contribution in [0, 0.1) is 5.92 Å². The zero-order valence-corrected chi connectivity index (χ0v) is 14.6. The number of aromatic nitrogens is 2. The Hall–Kier alpha value is -2.44. The van der Waals surface area contributed by atoms with Gasteiger partial charge in [-0.3, -0.25) is 9.55 Å². The van der Waals surface area contributed by atoms with Gasteiger partial charge in [-0.2, -0.15) is 0 Å². The monoisotopic (exact) mass is 353 g/mol. The van der Waals surface area contributed by atoms with Crippen LogP contribution in [0.15, 0.2) is 57.9 Å². The second-order valence-electron chi connectivity index (χ2n) is 6.87. The zero-order valence-electron chi connectivity index (χ0n) is 14.6. The number of likely N-dealkylation sites (tertiary alicyclic amines) is 1. The van der Waals surface area contributed by atoms with Crippen molar-refractivity contribution < 1.29 is 9.52 Å². The summed E-state index contributed by atoms with van der Waals surface area (Å²) in [4.78, 5) is 18.7. The maximum atomic E-state index is 12.0. The third-order valence-corrected chi connectivity index (χ3v) is 5.28. The lowest BCUT2D eigenvalue weighted by atomic mass is 9.89. The van der Waals surface area contributed by atoms with E-state index in [2.05, 4.69) is 9.88 Å². The highest BCUT2D eigenvalue weighted by atomic mass is 16.4. The highest BCUT2D eigenvalue weighted by Gasteiger charge is 2.26. The molecular formula is C20H23N3O3. The topological polar surface area (TPSA) is 71.5 Å². The van der Waals surface area contributed by atoms with Crippen molar-refractivity contribution >= 4 is 11.1 Å². The molecule has 0 unspecified atom stereocenters. The maximum absolute atomic E-state index is 12.0. The normalized spacial score (nSPS) is 17.6. The van der Waals surface area contributed by atoms with Crippen LogP contribution >= 0.6 is 0 Å². The SMILES string of the molecule is O=c1oc2ccccc2n1CCN1CCC([C@H](O)c2ccccn2)CC1. The fourth-order valence-electron chi connectivity index (χ4n) is 3.75. The first-order valence-electron chi connectivity index (χ1n) is 9.12. The van der Waals surface area contributed by atoms with Crippen molar-refractivity contribution in [3.8, 4) is 0 Å². The fourth-order valence-corrected chi connectivity index (χ4v) is 3.75. The van der Waals surface area contributed by atoms with Gasteiger partial charge < -0.3 is 14.4 Å². The van der Waals surface area contributed by atoms with Gasteiger partial charge in [-0.15, -0.1) is 0 Å². The standard InChI is InChI=1S/C20H23N3O3/c24-19(16-5-3-4-10-21-16)15-8-11-22(12-9-15)13-14-23-17-6-1-2-7-18(17)26-20(23)25/h1-7,10,15,19,24H,8-9,11-14H2/t19-/m0/s1. The maximum Gasteiger partial charge on any atom is 0.419 e. The molecule has 136 valence electrons. The van der Waals surface area contributed by atoms with Gasteiger partial charge in [0.25, 0.3) is 0 Å². The molecule has 6 nitrogen and oxygen atoms in total. The van der Waals surface area contributed by atoms with Crippen molar-refractivity contribution in [3.63, 3.8) is 0 Å². The van der Waals surface area contributed by atoms with Crippen molar-refractivity contribution in [2.75, 3.05) is 19.6 Å². The number of nitrogens with zero attached hydrogens (tertiary/aromatic N) is 3. The molecule has 3 aromatic rings. The smallest absolute Gasteiger partial charge is 0.408 e. The van der Waals surface area contributed by atoms with Crippen molar-refractivity contribution in [1.29, 1.82) is 0 Å². The van der Waals surface area contributed by atoms with Crippen molar-refractivity contribution in [3.05, 3.63) is 64.9 Å². The first kappa shape index (κ1) is 17.0. The Balaban J connectivity index is 1.34. The summed E-state index contributed by atoms with van der Waals surface area (Å²) >= 11 is 0. The Morgan fingerprint density at radius 2 is 1.88 bits per heavy atom. The molecule has 1 aliphatic heterocycles. The number of hydrogen-bond acceptors (Lipinski definition) is 5. The van der Waals surface area contributed by atoms with Gasteiger partial charge in [0.2, 0.25) is 0 Å². The van der Waals surface area contributed by atoms with Gasteiger partial charge in [-0.1, -0.05) is 18.2 Å². The van der Waals surface area contributed by atoms with Crippen LogP contribution in [0.4, 0.5) is 0 Å². The molecule has 0 aliphatic carbocycles. The van der Waals surface area contributed by atoms with E-state index in [1.165, 1.54) is 0 Å². The van der Waals surface area contributed by atoms with E-state index in [1.807, 2.05) is 42.5 Å². The van der Waals surface area contributed by atoms with Gasteiger partial charge >= 0.3 is 5.76 Å². The minimum atomic E-state index is -0.501. The lowest BCUT2D eigenvalue weighted by molar-refractivity contribution is 0.0551. The van der Waals surface area contributed by atoms with Crippen LogP contribution < -0.4 is 5.76 Å². The molecule has 0 radical (unpaired) electrons.